The molecule has 1 amide bonds. The van der Waals surface area contributed by atoms with Crippen LogP contribution in [0.2, 0.25) is 0 Å². The normalized spacial score (nSPS) is 15.3. The molecule has 2 atom stereocenters. The number of primary amides is 1. The molecule has 4 heteroatoms. The quantitative estimate of drug-likeness (QED) is 0.919. The molecule has 0 saturated heterocycles. The Kier molecular flexibility index (Phi) is 4.45. The van der Waals surface area contributed by atoms with E-state index in [1.54, 1.807) is 24.2 Å². The lowest BCUT2D eigenvalue weighted by Crippen LogP contribution is -2.49. The molecule has 0 aliphatic heterocycles. The number of hydrogen-bond donors (Lipinski definition) is 1. The highest BCUT2D eigenvalue weighted by molar-refractivity contribution is 7.99. The fourth-order valence-corrected chi connectivity index (χ4v) is 3.34. The van der Waals surface area contributed by atoms with Gasteiger partial charge >= 0.3 is 0 Å². The van der Waals surface area contributed by atoms with E-state index in [4.69, 9.17) is 5.73 Å². The highest BCUT2D eigenvalue weighted by atomic mass is 32.2. The standard InChI is InChI=1S/C16H18N2OS/c1-12(20-2)16(15(17)19,13-7-4-3-5-8-13)14-9-6-10-18-11-14/h3-12H,1-2H3,(H2,17,19). The summed E-state index contributed by atoms with van der Waals surface area (Å²) in [5.74, 6) is -0.349. The molecule has 20 heavy (non-hydrogen) atoms. The van der Waals surface area contributed by atoms with Gasteiger partial charge in [0, 0.05) is 17.6 Å². The maximum Gasteiger partial charge on any atom is 0.233 e. The SMILES string of the molecule is CSC(C)C(C(N)=O)(c1ccccc1)c1cccnc1. The van der Waals surface area contributed by atoms with Crippen LogP contribution < -0.4 is 5.73 Å². The highest BCUT2D eigenvalue weighted by Crippen LogP contribution is 2.40. The average molecular weight is 286 g/mol. The van der Waals surface area contributed by atoms with Crippen molar-refractivity contribution in [1.82, 2.24) is 4.98 Å². The van der Waals surface area contributed by atoms with Crippen LogP contribution in [0.15, 0.2) is 54.9 Å². The van der Waals surface area contributed by atoms with Gasteiger partial charge in [0.15, 0.2) is 0 Å². The molecule has 0 bridgehead atoms. The van der Waals surface area contributed by atoms with Gasteiger partial charge in [-0.1, -0.05) is 43.3 Å². The molecule has 0 aliphatic rings. The molecule has 0 aliphatic carbocycles. The van der Waals surface area contributed by atoms with Crippen LogP contribution in [0.5, 0.6) is 0 Å². The molecule has 0 spiro atoms. The second kappa shape index (κ2) is 6.09. The second-order valence-electron chi connectivity index (χ2n) is 4.66. The van der Waals surface area contributed by atoms with Gasteiger partial charge in [0.2, 0.25) is 5.91 Å². The van der Waals surface area contributed by atoms with Crippen molar-refractivity contribution in [2.75, 3.05) is 6.26 Å². The van der Waals surface area contributed by atoms with Gasteiger partial charge in [-0.2, -0.15) is 11.8 Å². The molecule has 3 nitrogen and oxygen atoms in total. The largest absolute Gasteiger partial charge is 0.369 e. The van der Waals surface area contributed by atoms with Crippen LogP contribution in [0.4, 0.5) is 0 Å². The summed E-state index contributed by atoms with van der Waals surface area (Å²) < 4.78 is 0. The molecular weight excluding hydrogens is 268 g/mol. The number of aromatic nitrogens is 1. The van der Waals surface area contributed by atoms with Gasteiger partial charge in [0.25, 0.3) is 0 Å². The summed E-state index contributed by atoms with van der Waals surface area (Å²) in [5.41, 5.74) is 6.70. The zero-order valence-electron chi connectivity index (χ0n) is 11.6. The fraction of sp³-hybridized carbons (Fsp3) is 0.250. The second-order valence-corrected chi connectivity index (χ2v) is 5.84. The molecule has 2 rings (SSSR count). The van der Waals surface area contributed by atoms with Crippen molar-refractivity contribution >= 4 is 17.7 Å². The Hall–Kier alpha value is -1.81. The summed E-state index contributed by atoms with van der Waals surface area (Å²) in [7, 11) is 0. The first kappa shape index (κ1) is 14.6. The van der Waals surface area contributed by atoms with Crippen molar-refractivity contribution in [3.63, 3.8) is 0 Å². The summed E-state index contributed by atoms with van der Waals surface area (Å²) in [6.45, 7) is 2.02. The van der Waals surface area contributed by atoms with Crippen LogP contribution in [0.1, 0.15) is 18.1 Å². The number of hydrogen-bond acceptors (Lipinski definition) is 3. The van der Waals surface area contributed by atoms with E-state index in [-0.39, 0.29) is 11.2 Å². The van der Waals surface area contributed by atoms with Crippen molar-refractivity contribution in [3.05, 3.63) is 66.0 Å². The van der Waals surface area contributed by atoms with Gasteiger partial charge in [-0.25, -0.2) is 0 Å². The number of pyridine rings is 1. The lowest BCUT2D eigenvalue weighted by molar-refractivity contribution is -0.122. The number of amides is 1. The number of nitrogens with zero attached hydrogens (tertiary/aromatic N) is 1. The maximum atomic E-state index is 12.4. The molecule has 104 valence electrons. The van der Waals surface area contributed by atoms with E-state index in [0.29, 0.717) is 0 Å². The van der Waals surface area contributed by atoms with Crippen LogP contribution in [0.3, 0.4) is 0 Å². The Balaban J connectivity index is 2.73. The fourth-order valence-electron chi connectivity index (χ4n) is 2.59. The smallest absolute Gasteiger partial charge is 0.233 e. The van der Waals surface area contributed by atoms with Crippen LogP contribution >= 0.6 is 11.8 Å². The monoisotopic (exact) mass is 286 g/mol. The van der Waals surface area contributed by atoms with Crippen molar-refractivity contribution in [1.29, 1.82) is 0 Å². The zero-order valence-corrected chi connectivity index (χ0v) is 12.4. The Bertz CT molecular complexity index is 532. The number of nitrogens with two attached hydrogens (primary N) is 1. The highest BCUT2D eigenvalue weighted by Gasteiger charge is 2.45. The first-order valence-corrected chi connectivity index (χ1v) is 7.71. The third-order valence-electron chi connectivity index (χ3n) is 3.70. The van der Waals surface area contributed by atoms with Crippen molar-refractivity contribution in [2.24, 2.45) is 5.73 Å². The molecular formula is C16H18N2OS. The topological polar surface area (TPSA) is 56.0 Å². The molecule has 1 aromatic heterocycles. The number of benzene rings is 1. The molecule has 0 radical (unpaired) electrons. The van der Waals surface area contributed by atoms with Crippen molar-refractivity contribution < 1.29 is 4.79 Å². The Labute approximate surface area is 123 Å². The van der Waals surface area contributed by atoms with Gasteiger partial charge in [-0.05, 0) is 23.4 Å². The minimum atomic E-state index is -0.866. The van der Waals surface area contributed by atoms with E-state index < -0.39 is 5.41 Å². The summed E-state index contributed by atoms with van der Waals surface area (Å²) in [4.78, 5) is 16.6. The maximum absolute atomic E-state index is 12.4. The number of rotatable bonds is 5. The summed E-state index contributed by atoms with van der Waals surface area (Å²) in [6, 6.07) is 13.4. The molecule has 0 fully saturated rings. The molecule has 0 saturated carbocycles. The third-order valence-corrected chi connectivity index (χ3v) is 4.76. The Morgan fingerprint density at radius 2 is 1.85 bits per heavy atom. The van der Waals surface area contributed by atoms with E-state index in [1.165, 1.54) is 0 Å². The first-order valence-electron chi connectivity index (χ1n) is 6.42. The molecule has 1 heterocycles. The van der Waals surface area contributed by atoms with Crippen molar-refractivity contribution in [3.8, 4) is 0 Å². The number of carbonyl (C=O) groups is 1. The minimum absolute atomic E-state index is 0.00611. The van der Waals surface area contributed by atoms with Gasteiger partial charge in [-0.3, -0.25) is 9.78 Å². The average Bonchev–Trinajstić information content (AvgIpc) is 2.49. The minimum Gasteiger partial charge on any atom is -0.369 e. The molecule has 1 aromatic carbocycles. The molecule has 2 N–H and O–H groups in total. The zero-order chi connectivity index (χ0) is 14.6. The van der Waals surface area contributed by atoms with Crippen LogP contribution in [0.25, 0.3) is 0 Å². The van der Waals surface area contributed by atoms with Gasteiger partial charge in [0.05, 0.1) is 0 Å². The van der Waals surface area contributed by atoms with E-state index in [1.807, 2.05) is 55.6 Å². The molecule has 2 aromatic rings. The third kappa shape index (κ3) is 2.31. The molecule has 2 unspecified atom stereocenters. The summed E-state index contributed by atoms with van der Waals surface area (Å²) in [5, 5.41) is 0.00611. The summed E-state index contributed by atoms with van der Waals surface area (Å²) in [6.07, 6.45) is 5.41. The van der Waals surface area contributed by atoms with Crippen LogP contribution in [0, 0.1) is 0 Å². The number of thioether (sulfide) groups is 1. The Morgan fingerprint density at radius 3 is 2.35 bits per heavy atom. The lowest BCUT2D eigenvalue weighted by atomic mass is 9.72. The summed E-state index contributed by atoms with van der Waals surface area (Å²) >= 11 is 1.62. The number of carbonyl (C=O) groups excluding carboxylic acids is 1. The van der Waals surface area contributed by atoms with Gasteiger partial charge in [-0.15, -0.1) is 0 Å². The van der Waals surface area contributed by atoms with Crippen LogP contribution in [-0.4, -0.2) is 22.4 Å². The van der Waals surface area contributed by atoms with Crippen molar-refractivity contribution in [2.45, 2.75) is 17.6 Å². The van der Waals surface area contributed by atoms with E-state index >= 15 is 0 Å². The van der Waals surface area contributed by atoms with E-state index in [2.05, 4.69) is 4.98 Å². The van der Waals surface area contributed by atoms with E-state index in [9.17, 15) is 4.79 Å². The predicted molar refractivity (Wildman–Crippen MR) is 83.6 cm³/mol. The first-order chi connectivity index (χ1) is 9.64. The van der Waals surface area contributed by atoms with Gasteiger partial charge < -0.3 is 5.73 Å². The van der Waals surface area contributed by atoms with Crippen LogP contribution in [-0.2, 0) is 10.2 Å². The van der Waals surface area contributed by atoms with Gasteiger partial charge in [0.1, 0.15) is 5.41 Å². The van der Waals surface area contributed by atoms with E-state index in [0.717, 1.165) is 11.1 Å². The predicted octanol–water partition coefficient (Wildman–Crippen LogP) is 2.60. The lowest BCUT2D eigenvalue weighted by Gasteiger charge is -2.36. The Morgan fingerprint density at radius 1 is 1.20 bits per heavy atom.